The molecule has 4 N–H and O–H groups in total. The van der Waals surface area contributed by atoms with Crippen molar-refractivity contribution >= 4 is 11.8 Å². The van der Waals surface area contributed by atoms with Crippen LogP contribution in [0.15, 0.2) is 12.3 Å². The van der Waals surface area contributed by atoms with Gasteiger partial charge in [0.05, 0.1) is 6.04 Å². The minimum atomic E-state index is -4.44. The molecule has 0 aliphatic heterocycles. The van der Waals surface area contributed by atoms with Crippen molar-refractivity contribution in [3.8, 4) is 11.5 Å². The first-order valence-corrected chi connectivity index (χ1v) is 6.13. The Morgan fingerprint density at radius 2 is 2.09 bits per heavy atom. The lowest BCUT2D eigenvalue weighted by atomic mass is 10.2. The summed E-state index contributed by atoms with van der Waals surface area (Å²) in [5, 5.41) is 11.5. The predicted molar refractivity (Wildman–Crippen MR) is 68.5 cm³/mol. The number of nitrogens with two attached hydrogens (primary N) is 1. The number of alkyl halides is 4. The van der Waals surface area contributed by atoms with E-state index in [4.69, 9.17) is 5.73 Å². The first-order chi connectivity index (χ1) is 10.6. The second-order valence-corrected chi connectivity index (χ2v) is 4.46. The predicted octanol–water partition coefficient (Wildman–Crippen LogP) is 0.670. The molecule has 23 heavy (non-hydrogen) atoms. The van der Waals surface area contributed by atoms with E-state index >= 15 is 0 Å². The molecule has 1 atom stereocenters. The number of nitrogens with zero attached hydrogens (tertiary/aromatic N) is 1. The molecule has 1 aromatic rings. The van der Waals surface area contributed by atoms with E-state index in [1.807, 2.05) is 0 Å². The number of imide groups is 1. The van der Waals surface area contributed by atoms with Crippen LogP contribution >= 0.6 is 0 Å². The molecule has 0 aliphatic rings. The van der Waals surface area contributed by atoms with Crippen LogP contribution < -0.4 is 15.8 Å². The lowest BCUT2D eigenvalue weighted by Crippen LogP contribution is -2.41. The monoisotopic (exact) mass is 339 g/mol. The molecule has 2 amide bonds. The van der Waals surface area contributed by atoms with E-state index in [2.05, 4.69) is 9.72 Å². The average Bonchev–Trinajstić information content (AvgIpc) is 2.45. The summed E-state index contributed by atoms with van der Waals surface area (Å²) >= 11 is 0. The van der Waals surface area contributed by atoms with Crippen LogP contribution in [0.1, 0.15) is 17.4 Å². The standard InChI is InChI=1S/C12H13F4N3O4/c1-5(17)9(21)19-10(22)7-8(20)6(2-3-18-7)23-4-12(15,16)11(13)14/h2-3,5,11,20H,4,17H2,1H3,(H,19,21,22)/t5-/m0/s1. The maximum absolute atomic E-state index is 12.8. The number of halogens is 4. The van der Waals surface area contributed by atoms with Gasteiger partial charge in [0.2, 0.25) is 5.91 Å². The van der Waals surface area contributed by atoms with E-state index < -0.39 is 54.0 Å². The maximum Gasteiger partial charge on any atom is 0.340 e. The Morgan fingerprint density at radius 3 is 2.61 bits per heavy atom. The number of hydrogen-bond donors (Lipinski definition) is 3. The number of carbonyl (C=O) groups is 2. The molecule has 0 unspecified atom stereocenters. The molecule has 1 aromatic heterocycles. The quantitative estimate of drug-likeness (QED) is 0.656. The molecule has 1 heterocycles. The first-order valence-electron chi connectivity index (χ1n) is 6.13. The number of pyridine rings is 1. The third-order valence-electron chi connectivity index (χ3n) is 2.49. The van der Waals surface area contributed by atoms with Crippen molar-refractivity contribution in [2.75, 3.05) is 6.61 Å². The Labute approximate surface area is 127 Å². The second kappa shape index (κ2) is 7.22. The average molecular weight is 339 g/mol. The van der Waals surface area contributed by atoms with Crippen molar-refractivity contribution in [2.24, 2.45) is 5.73 Å². The van der Waals surface area contributed by atoms with Crippen molar-refractivity contribution in [2.45, 2.75) is 25.3 Å². The fourth-order valence-corrected chi connectivity index (χ4v) is 1.24. The molecule has 0 spiro atoms. The van der Waals surface area contributed by atoms with Gasteiger partial charge < -0.3 is 15.6 Å². The fraction of sp³-hybridized carbons (Fsp3) is 0.417. The Morgan fingerprint density at radius 1 is 1.48 bits per heavy atom. The molecule has 0 saturated heterocycles. The lowest BCUT2D eigenvalue weighted by molar-refractivity contribution is -0.148. The van der Waals surface area contributed by atoms with E-state index in [1.165, 1.54) is 6.92 Å². The van der Waals surface area contributed by atoms with Crippen LogP contribution in [-0.2, 0) is 4.79 Å². The van der Waals surface area contributed by atoms with Crippen molar-refractivity contribution in [3.63, 3.8) is 0 Å². The van der Waals surface area contributed by atoms with Gasteiger partial charge in [0.25, 0.3) is 5.91 Å². The maximum atomic E-state index is 12.8. The summed E-state index contributed by atoms with van der Waals surface area (Å²) in [6.45, 7) is -0.427. The molecule has 128 valence electrons. The summed E-state index contributed by atoms with van der Waals surface area (Å²) in [5.74, 6) is -8.11. The molecule has 7 nitrogen and oxygen atoms in total. The number of amides is 2. The molecule has 1 rings (SSSR count). The molecule has 0 aromatic carbocycles. The molecular weight excluding hydrogens is 326 g/mol. The van der Waals surface area contributed by atoms with Crippen molar-refractivity contribution in [1.29, 1.82) is 0 Å². The summed E-state index contributed by atoms with van der Waals surface area (Å²) in [6, 6.07) is -0.133. The van der Waals surface area contributed by atoms with Crippen LogP contribution in [0.2, 0.25) is 0 Å². The van der Waals surface area contributed by atoms with Crippen molar-refractivity contribution < 1.29 is 37.0 Å². The van der Waals surface area contributed by atoms with E-state index in [0.717, 1.165) is 12.3 Å². The van der Waals surface area contributed by atoms with Gasteiger partial charge in [-0.15, -0.1) is 0 Å². The summed E-state index contributed by atoms with van der Waals surface area (Å²) in [6.07, 6.45) is -3.06. The zero-order valence-corrected chi connectivity index (χ0v) is 11.7. The number of carbonyl (C=O) groups excluding carboxylic acids is 2. The highest BCUT2D eigenvalue weighted by Gasteiger charge is 2.42. The zero-order chi connectivity index (χ0) is 17.8. The fourth-order valence-electron chi connectivity index (χ4n) is 1.24. The van der Waals surface area contributed by atoms with Crippen LogP contribution in [0.4, 0.5) is 17.6 Å². The SMILES string of the molecule is C[C@H](N)C(=O)NC(=O)c1nccc(OCC(F)(F)C(F)F)c1O. The molecular formula is C12H13F4N3O4. The minimum absolute atomic E-state index is 0.668. The number of rotatable bonds is 6. The first kappa shape index (κ1) is 18.6. The van der Waals surface area contributed by atoms with Crippen LogP contribution in [-0.4, -0.2) is 46.9 Å². The number of ether oxygens (including phenoxy) is 1. The van der Waals surface area contributed by atoms with Crippen molar-refractivity contribution in [3.05, 3.63) is 18.0 Å². The molecule has 0 aliphatic carbocycles. The Hall–Kier alpha value is -2.43. The highest BCUT2D eigenvalue weighted by molar-refractivity contribution is 6.06. The largest absolute Gasteiger partial charge is 0.503 e. The summed E-state index contributed by atoms with van der Waals surface area (Å²) in [5.41, 5.74) is 4.52. The zero-order valence-electron chi connectivity index (χ0n) is 11.7. The van der Waals surface area contributed by atoms with E-state index in [0.29, 0.717) is 0 Å². The highest BCUT2D eigenvalue weighted by atomic mass is 19.3. The molecule has 0 radical (unpaired) electrons. The number of aromatic hydroxyl groups is 1. The lowest BCUT2D eigenvalue weighted by Gasteiger charge is -2.17. The number of aromatic nitrogens is 1. The van der Waals surface area contributed by atoms with Crippen molar-refractivity contribution in [1.82, 2.24) is 10.3 Å². The van der Waals surface area contributed by atoms with Gasteiger partial charge in [-0.1, -0.05) is 0 Å². The Balaban J connectivity index is 2.90. The third-order valence-corrected chi connectivity index (χ3v) is 2.49. The van der Waals surface area contributed by atoms with Gasteiger partial charge in [-0.25, -0.2) is 13.8 Å². The topological polar surface area (TPSA) is 115 Å². The summed E-state index contributed by atoms with van der Waals surface area (Å²) < 4.78 is 54.0. The van der Waals surface area contributed by atoms with Crippen LogP contribution in [0.5, 0.6) is 11.5 Å². The molecule has 0 fully saturated rings. The second-order valence-electron chi connectivity index (χ2n) is 4.46. The smallest absolute Gasteiger partial charge is 0.340 e. The van der Waals surface area contributed by atoms with E-state index in [9.17, 15) is 32.3 Å². The van der Waals surface area contributed by atoms with Gasteiger partial charge in [0.15, 0.2) is 23.8 Å². The summed E-state index contributed by atoms with van der Waals surface area (Å²) in [7, 11) is 0. The van der Waals surface area contributed by atoms with Crippen LogP contribution in [0.3, 0.4) is 0 Å². The molecule has 0 saturated carbocycles. The minimum Gasteiger partial charge on any atom is -0.503 e. The normalized spacial score (nSPS) is 12.8. The van der Waals surface area contributed by atoms with Gasteiger partial charge in [0.1, 0.15) is 0 Å². The van der Waals surface area contributed by atoms with Gasteiger partial charge in [-0.3, -0.25) is 14.9 Å². The summed E-state index contributed by atoms with van der Waals surface area (Å²) in [4.78, 5) is 26.4. The number of hydrogen-bond acceptors (Lipinski definition) is 6. The molecule has 11 heteroatoms. The van der Waals surface area contributed by atoms with E-state index in [1.54, 1.807) is 5.32 Å². The van der Waals surface area contributed by atoms with E-state index in [-0.39, 0.29) is 0 Å². The van der Waals surface area contributed by atoms with Crippen LogP contribution in [0, 0.1) is 0 Å². The number of nitrogens with one attached hydrogen (secondary N) is 1. The Kier molecular flexibility index (Phi) is 5.85. The van der Waals surface area contributed by atoms with Gasteiger partial charge in [-0.05, 0) is 6.92 Å². The van der Waals surface area contributed by atoms with Crippen LogP contribution in [0.25, 0.3) is 0 Å². The van der Waals surface area contributed by atoms with Gasteiger partial charge in [-0.2, -0.15) is 8.78 Å². The highest BCUT2D eigenvalue weighted by Crippen LogP contribution is 2.31. The van der Waals surface area contributed by atoms with Gasteiger partial charge >= 0.3 is 12.3 Å². The van der Waals surface area contributed by atoms with Gasteiger partial charge in [0, 0.05) is 12.3 Å². The third kappa shape index (κ3) is 4.77. The molecule has 0 bridgehead atoms. The Bertz CT molecular complexity index is 596.